The zero-order valence-electron chi connectivity index (χ0n) is 14.1. The summed E-state index contributed by atoms with van der Waals surface area (Å²) in [5.74, 6) is -0.133. The molecule has 1 heterocycles. The predicted octanol–water partition coefficient (Wildman–Crippen LogP) is 3.33. The van der Waals surface area contributed by atoms with Crippen molar-refractivity contribution in [2.75, 3.05) is 20.1 Å². The van der Waals surface area contributed by atoms with Gasteiger partial charge in [-0.15, -0.1) is 11.3 Å². The SMILES string of the molecule is CC[C@@H](CNC(=O)CN(C)S(=O)(=O)c1ccc(Cl)s1)c1ccccc1. The number of nitrogens with one attached hydrogen (secondary N) is 1. The van der Waals surface area contributed by atoms with Crippen molar-refractivity contribution in [2.45, 2.75) is 23.5 Å². The van der Waals surface area contributed by atoms with Gasteiger partial charge < -0.3 is 5.32 Å². The lowest BCUT2D eigenvalue weighted by atomic mass is 9.96. The molecule has 0 unspecified atom stereocenters. The number of hydrogen-bond donors (Lipinski definition) is 1. The Bertz CT molecular complexity index is 806. The fraction of sp³-hybridized carbons (Fsp3) is 0.353. The van der Waals surface area contributed by atoms with Crippen LogP contribution in [-0.4, -0.2) is 38.8 Å². The summed E-state index contributed by atoms with van der Waals surface area (Å²) in [5.41, 5.74) is 1.15. The maximum absolute atomic E-state index is 12.4. The average Bonchev–Trinajstić information content (AvgIpc) is 3.03. The number of halogens is 1. The minimum atomic E-state index is -3.70. The molecule has 25 heavy (non-hydrogen) atoms. The quantitative estimate of drug-likeness (QED) is 0.739. The lowest BCUT2D eigenvalue weighted by Gasteiger charge is -2.19. The maximum atomic E-state index is 12.4. The van der Waals surface area contributed by atoms with Gasteiger partial charge in [0.05, 0.1) is 10.9 Å². The highest BCUT2D eigenvalue weighted by atomic mass is 35.5. The molecule has 0 saturated heterocycles. The van der Waals surface area contributed by atoms with Crippen molar-refractivity contribution in [1.82, 2.24) is 9.62 Å². The van der Waals surface area contributed by atoms with Crippen LogP contribution in [0.15, 0.2) is 46.7 Å². The molecule has 5 nitrogen and oxygen atoms in total. The molecule has 2 aromatic rings. The monoisotopic (exact) mass is 400 g/mol. The number of hydrogen-bond acceptors (Lipinski definition) is 4. The summed E-state index contributed by atoms with van der Waals surface area (Å²) in [6.07, 6.45) is 0.881. The van der Waals surface area contributed by atoms with Crippen molar-refractivity contribution in [2.24, 2.45) is 0 Å². The normalized spacial score (nSPS) is 13.0. The summed E-state index contributed by atoms with van der Waals surface area (Å²) in [7, 11) is -2.32. The second-order valence-corrected chi connectivity index (χ2v) is 9.63. The molecule has 136 valence electrons. The second-order valence-electron chi connectivity index (χ2n) is 5.64. The lowest BCUT2D eigenvalue weighted by Crippen LogP contribution is -2.39. The molecule has 1 amide bonds. The molecule has 0 spiro atoms. The Morgan fingerprint density at radius 2 is 1.92 bits per heavy atom. The molecule has 1 atom stereocenters. The highest BCUT2D eigenvalue weighted by molar-refractivity contribution is 7.91. The Labute approximate surface area is 157 Å². The van der Waals surface area contributed by atoms with Gasteiger partial charge in [0.15, 0.2) is 0 Å². The highest BCUT2D eigenvalue weighted by Gasteiger charge is 2.24. The van der Waals surface area contributed by atoms with Crippen molar-refractivity contribution in [3.8, 4) is 0 Å². The van der Waals surface area contributed by atoms with Crippen molar-refractivity contribution in [3.63, 3.8) is 0 Å². The van der Waals surface area contributed by atoms with Gasteiger partial charge in [0, 0.05) is 19.5 Å². The van der Waals surface area contributed by atoms with Gasteiger partial charge in [0.1, 0.15) is 4.21 Å². The van der Waals surface area contributed by atoms with E-state index in [1.807, 2.05) is 30.3 Å². The van der Waals surface area contributed by atoms with Crippen molar-refractivity contribution in [1.29, 1.82) is 0 Å². The molecule has 8 heteroatoms. The van der Waals surface area contributed by atoms with Crippen molar-refractivity contribution in [3.05, 3.63) is 52.4 Å². The minimum Gasteiger partial charge on any atom is -0.354 e. The minimum absolute atomic E-state index is 0.128. The summed E-state index contributed by atoms with van der Waals surface area (Å²) in [4.78, 5) is 12.1. The molecular weight excluding hydrogens is 380 g/mol. The number of amides is 1. The fourth-order valence-corrected chi connectivity index (χ4v) is 5.21. The number of likely N-dealkylation sites (N-methyl/N-ethyl adjacent to an activating group) is 1. The van der Waals surface area contributed by atoms with Crippen LogP contribution < -0.4 is 5.32 Å². The van der Waals surface area contributed by atoms with Crippen molar-refractivity contribution >= 4 is 38.9 Å². The summed E-state index contributed by atoms with van der Waals surface area (Å²) in [6.45, 7) is 2.29. The van der Waals surface area contributed by atoms with Crippen LogP contribution in [0.25, 0.3) is 0 Å². The molecular formula is C17H21ClN2O3S2. The molecule has 1 aromatic heterocycles. The smallest absolute Gasteiger partial charge is 0.252 e. The summed E-state index contributed by atoms with van der Waals surface area (Å²) >= 11 is 6.77. The van der Waals surface area contributed by atoms with E-state index in [0.717, 1.165) is 27.6 Å². The topological polar surface area (TPSA) is 66.5 Å². The average molecular weight is 401 g/mol. The van der Waals surface area contributed by atoms with Gasteiger partial charge in [-0.25, -0.2) is 8.42 Å². The van der Waals surface area contributed by atoms with Crippen molar-refractivity contribution < 1.29 is 13.2 Å². The zero-order valence-corrected chi connectivity index (χ0v) is 16.5. The van der Waals surface area contributed by atoms with Gasteiger partial charge in [0.25, 0.3) is 10.0 Å². The van der Waals surface area contributed by atoms with Crippen LogP contribution in [0.4, 0.5) is 0 Å². The second kappa shape index (κ2) is 8.80. The van der Waals surface area contributed by atoms with Crippen LogP contribution in [-0.2, 0) is 14.8 Å². The molecule has 0 radical (unpaired) electrons. The lowest BCUT2D eigenvalue weighted by molar-refractivity contribution is -0.121. The van der Waals surface area contributed by atoms with E-state index in [2.05, 4.69) is 12.2 Å². The first-order valence-electron chi connectivity index (χ1n) is 7.88. The number of benzene rings is 1. The summed E-state index contributed by atoms with van der Waals surface area (Å²) in [6, 6.07) is 12.9. The molecule has 2 rings (SSSR count). The number of nitrogens with zero attached hydrogens (tertiary/aromatic N) is 1. The first-order valence-corrected chi connectivity index (χ1v) is 10.5. The molecule has 1 aromatic carbocycles. The van der Waals surface area contributed by atoms with E-state index < -0.39 is 10.0 Å². The number of carbonyl (C=O) groups excluding carboxylic acids is 1. The summed E-state index contributed by atoms with van der Waals surface area (Å²) in [5, 5.41) is 2.82. The van der Waals surface area contributed by atoms with Crippen LogP contribution in [0.5, 0.6) is 0 Å². The van der Waals surface area contributed by atoms with E-state index in [1.54, 1.807) is 0 Å². The summed E-state index contributed by atoms with van der Waals surface area (Å²) < 4.78 is 26.3. The van der Waals surface area contributed by atoms with Crippen LogP contribution in [0.1, 0.15) is 24.8 Å². The Morgan fingerprint density at radius 3 is 2.48 bits per heavy atom. The molecule has 0 aliphatic rings. The Hall–Kier alpha value is -1.41. The van der Waals surface area contributed by atoms with E-state index in [4.69, 9.17) is 11.6 Å². The highest BCUT2D eigenvalue weighted by Crippen LogP contribution is 2.27. The zero-order chi connectivity index (χ0) is 18.4. The standard InChI is InChI=1S/C17H21ClN2O3S2/c1-3-13(14-7-5-4-6-8-14)11-19-16(21)12-20(2)25(22,23)17-10-9-15(18)24-17/h4-10,13H,3,11-12H2,1-2H3,(H,19,21)/t13-/m0/s1. The van der Waals surface area contributed by atoms with Gasteiger partial charge in [-0.2, -0.15) is 4.31 Å². The van der Waals surface area contributed by atoms with E-state index in [1.165, 1.54) is 19.2 Å². The third-order valence-corrected chi connectivity index (χ3v) is 7.39. The number of sulfonamides is 1. The first-order chi connectivity index (χ1) is 11.8. The fourth-order valence-electron chi connectivity index (χ4n) is 2.39. The number of carbonyl (C=O) groups is 1. The van der Waals surface area contributed by atoms with Crippen LogP contribution in [0.2, 0.25) is 4.34 Å². The van der Waals surface area contributed by atoms with E-state index in [-0.39, 0.29) is 22.6 Å². The van der Waals surface area contributed by atoms with Crippen LogP contribution in [0, 0.1) is 0 Å². The Balaban J connectivity index is 1.93. The Kier molecular flexibility index (Phi) is 7.01. The van der Waals surface area contributed by atoms with Crippen LogP contribution >= 0.6 is 22.9 Å². The number of rotatable bonds is 8. The van der Waals surface area contributed by atoms with E-state index in [0.29, 0.717) is 10.9 Å². The molecule has 0 aliphatic heterocycles. The molecule has 0 saturated carbocycles. The van der Waals surface area contributed by atoms with Gasteiger partial charge in [0.2, 0.25) is 5.91 Å². The molecule has 0 bridgehead atoms. The van der Waals surface area contributed by atoms with Gasteiger partial charge >= 0.3 is 0 Å². The third-order valence-electron chi connectivity index (χ3n) is 3.89. The van der Waals surface area contributed by atoms with Gasteiger partial charge in [-0.3, -0.25) is 4.79 Å². The maximum Gasteiger partial charge on any atom is 0.252 e. The first kappa shape index (κ1) is 19.9. The largest absolute Gasteiger partial charge is 0.354 e. The molecule has 0 aliphatic carbocycles. The van der Waals surface area contributed by atoms with Crippen LogP contribution in [0.3, 0.4) is 0 Å². The van der Waals surface area contributed by atoms with Gasteiger partial charge in [-0.05, 0) is 24.1 Å². The van der Waals surface area contributed by atoms with Gasteiger partial charge in [-0.1, -0.05) is 48.9 Å². The predicted molar refractivity (Wildman–Crippen MR) is 102 cm³/mol. The molecule has 0 fully saturated rings. The van der Waals surface area contributed by atoms with E-state index >= 15 is 0 Å². The number of thiophene rings is 1. The third kappa shape index (κ3) is 5.28. The molecule has 1 N–H and O–H groups in total. The van der Waals surface area contributed by atoms with E-state index in [9.17, 15) is 13.2 Å². The Morgan fingerprint density at radius 1 is 1.24 bits per heavy atom.